The first-order chi connectivity index (χ1) is 3.84. The van der Waals surface area contributed by atoms with E-state index in [1.54, 1.807) is 0 Å². The number of rotatable bonds is 1. The predicted octanol–water partition coefficient (Wildman–Crippen LogP) is -0.308. The van der Waals surface area contributed by atoms with Crippen LogP contribution in [0.3, 0.4) is 0 Å². The van der Waals surface area contributed by atoms with E-state index in [4.69, 9.17) is 5.11 Å². The Morgan fingerprint density at radius 2 is 2.33 bits per heavy atom. The molecule has 2 atom stereocenters. The summed E-state index contributed by atoms with van der Waals surface area (Å²) in [4.78, 5) is 9.96. The molecule has 0 amide bonds. The molecule has 49 valence electrons. The molecular weight excluding hydrogens is 333 g/mol. The fourth-order valence-electron chi connectivity index (χ4n) is 0.782. The van der Waals surface area contributed by atoms with Gasteiger partial charge in [-0.3, -0.25) is 0 Å². The second-order valence-corrected chi connectivity index (χ2v) is 1.89. The monoisotopic (exact) mass is 341 g/mol. The normalized spacial score (nSPS) is 33.4. The average Bonchev–Trinajstić information content (AvgIpc) is 2.14. The third-order valence-electron chi connectivity index (χ3n) is 1.30. The molecule has 0 aromatic heterocycles. The maximum atomic E-state index is 9.96. The molecule has 1 rings (SSSR count). The van der Waals surface area contributed by atoms with Gasteiger partial charge < -0.3 is 15.2 Å². The summed E-state index contributed by atoms with van der Waals surface area (Å²) in [5, 5.41) is 12.7. The Bertz CT molecular complexity index is 99.0. The molecule has 0 bridgehead atoms. The van der Waals surface area contributed by atoms with E-state index in [9.17, 15) is 4.79 Å². The molecule has 2 unspecified atom stereocenters. The Kier molecular flexibility index (Phi) is 5.34. The van der Waals surface area contributed by atoms with E-state index in [1.165, 1.54) is 0 Å². The maximum absolute atomic E-state index is 9.96. The quantitative estimate of drug-likeness (QED) is 0.666. The molecule has 1 N–H and O–H groups in total. The van der Waals surface area contributed by atoms with Crippen molar-refractivity contribution in [2.24, 2.45) is 0 Å². The largest absolute Gasteiger partial charge is 0.651 e. The standard InChI is InChI=1S/C5H8NO2.Ac/c7-3-4-5(8)1-2-6-4;/h3-5,8H,1-2H2;/q-1;. The summed E-state index contributed by atoms with van der Waals surface area (Å²) in [7, 11) is 0. The summed E-state index contributed by atoms with van der Waals surface area (Å²) in [6.07, 6.45) is 0.827. The van der Waals surface area contributed by atoms with Crippen molar-refractivity contribution in [2.45, 2.75) is 18.6 Å². The maximum Gasteiger partial charge on any atom is 0.105 e. The van der Waals surface area contributed by atoms with Crippen LogP contribution in [-0.2, 0) is 4.79 Å². The summed E-state index contributed by atoms with van der Waals surface area (Å²) in [5.74, 6) is 0. The van der Waals surface area contributed by atoms with Crippen LogP contribution in [-0.4, -0.2) is 30.1 Å². The molecule has 0 aliphatic carbocycles. The number of hydrogen-bond acceptors (Lipinski definition) is 2. The van der Waals surface area contributed by atoms with Gasteiger partial charge in [0, 0.05) is 50.2 Å². The smallest absolute Gasteiger partial charge is 0.105 e. The molecule has 0 aromatic rings. The fourth-order valence-corrected chi connectivity index (χ4v) is 0.782. The van der Waals surface area contributed by atoms with Crippen molar-refractivity contribution in [3.8, 4) is 0 Å². The second-order valence-electron chi connectivity index (χ2n) is 1.89. The number of carbonyl (C=O) groups is 1. The van der Waals surface area contributed by atoms with E-state index in [1.807, 2.05) is 0 Å². The molecular formula is C5H8AcNO2-. The topological polar surface area (TPSA) is 51.4 Å². The first kappa shape index (κ1) is 10.0. The van der Waals surface area contributed by atoms with Crippen LogP contribution >= 0.6 is 0 Å². The van der Waals surface area contributed by atoms with Crippen molar-refractivity contribution >= 4 is 6.29 Å². The van der Waals surface area contributed by atoms with Crippen LogP contribution in [0.4, 0.5) is 0 Å². The van der Waals surface area contributed by atoms with E-state index in [-0.39, 0.29) is 44.1 Å². The second kappa shape index (κ2) is 4.79. The predicted molar refractivity (Wildman–Crippen MR) is 28.7 cm³/mol. The number of aldehydes is 1. The van der Waals surface area contributed by atoms with Gasteiger partial charge in [-0.2, -0.15) is 0 Å². The third kappa shape index (κ3) is 2.63. The molecule has 9 heavy (non-hydrogen) atoms. The molecule has 4 heteroatoms. The number of nitrogens with zero attached hydrogens (tertiary/aromatic N) is 1. The number of hydrogen-bond donors (Lipinski definition) is 1. The number of carbonyl (C=O) groups excluding carboxylic acids is 1. The Morgan fingerprint density at radius 3 is 2.56 bits per heavy atom. The van der Waals surface area contributed by atoms with Crippen LogP contribution < -0.4 is 0 Å². The zero-order valence-electron chi connectivity index (χ0n) is 5.03. The molecule has 1 radical (unpaired) electrons. The SMILES string of the molecule is O=CC1[N-]CCC1O.[Ac]. The van der Waals surface area contributed by atoms with Gasteiger partial charge in [0.05, 0.1) is 0 Å². The zero-order chi connectivity index (χ0) is 5.98. The van der Waals surface area contributed by atoms with Gasteiger partial charge in [-0.05, 0) is 6.42 Å². The molecule has 0 spiro atoms. The van der Waals surface area contributed by atoms with Crippen molar-refractivity contribution < 1.29 is 54.0 Å². The fraction of sp³-hybridized carbons (Fsp3) is 0.800. The van der Waals surface area contributed by atoms with E-state index in [0.29, 0.717) is 19.3 Å². The van der Waals surface area contributed by atoms with Crippen molar-refractivity contribution in [2.75, 3.05) is 6.54 Å². The van der Waals surface area contributed by atoms with E-state index in [0.717, 1.165) is 0 Å². The molecule has 1 aliphatic rings. The Morgan fingerprint density at radius 1 is 1.67 bits per heavy atom. The summed E-state index contributed by atoms with van der Waals surface area (Å²) in [6, 6.07) is -0.435. The first-order valence-electron chi connectivity index (χ1n) is 2.64. The van der Waals surface area contributed by atoms with Gasteiger partial charge in [-0.25, -0.2) is 0 Å². The van der Waals surface area contributed by atoms with Crippen LogP contribution in [0.25, 0.3) is 5.32 Å². The molecule has 1 aliphatic heterocycles. The van der Waals surface area contributed by atoms with Crippen LogP contribution in [0.2, 0.25) is 0 Å². The van der Waals surface area contributed by atoms with Gasteiger partial charge in [0.25, 0.3) is 0 Å². The summed E-state index contributed by atoms with van der Waals surface area (Å²) >= 11 is 0. The minimum atomic E-state index is -0.507. The van der Waals surface area contributed by atoms with Crippen LogP contribution in [0.1, 0.15) is 6.42 Å². The Hall–Kier alpha value is 1.03. The van der Waals surface area contributed by atoms with E-state index < -0.39 is 12.1 Å². The van der Waals surface area contributed by atoms with Gasteiger partial charge in [-0.1, -0.05) is 6.04 Å². The van der Waals surface area contributed by atoms with Crippen LogP contribution in [0.15, 0.2) is 0 Å². The van der Waals surface area contributed by atoms with Crippen LogP contribution in [0, 0.1) is 44.1 Å². The molecule has 1 fully saturated rings. The molecule has 0 aromatic carbocycles. The molecule has 0 saturated carbocycles. The third-order valence-corrected chi connectivity index (χ3v) is 1.30. The van der Waals surface area contributed by atoms with Crippen molar-refractivity contribution in [3.63, 3.8) is 0 Å². The van der Waals surface area contributed by atoms with Gasteiger partial charge in [0.2, 0.25) is 0 Å². The van der Waals surface area contributed by atoms with Gasteiger partial charge in [-0.15, -0.1) is 6.54 Å². The minimum absolute atomic E-state index is 0. The van der Waals surface area contributed by atoms with Crippen molar-refractivity contribution in [3.05, 3.63) is 5.32 Å². The van der Waals surface area contributed by atoms with Gasteiger partial charge in [0.1, 0.15) is 6.29 Å². The minimum Gasteiger partial charge on any atom is -0.651 e. The van der Waals surface area contributed by atoms with E-state index >= 15 is 0 Å². The molecule has 1 heterocycles. The average molecular weight is 341 g/mol. The number of aliphatic hydroxyl groups is 1. The van der Waals surface area contributed by atoms with Gasteiger partial charge >= 0.3 is 0 Å². The van der Waals surface area contributed by atoms with Crippen molar-refractivity contribution in [1.29, 1.82) is 0 Å². The molecule has 1 saturated heterocycles. The van der Waals surface area contributed by atoms with E-state index in [2.05, 4.69) is 5.32 Å². The summed E-state index contributed by atoms with van der Waals surface area (Å²) in [5.41, 5.74) is 0. The van der Waals surface area contributed by atoms with Crippen LogP contribution in [0.5, 0.6) is 0 Å². The molecule has 3 nitrogen and oxygen atoms in total. The first-order valence-corrected chi connectivity index (χ1v) is 2.64. The number of aliphatic hydroxyl groups excluding tert-OH is 1. The Balaban J connectivity index is 0.000000640. The van der Waals surface area contributed by atoms with Gasteiger partial charge in [0.15, 0.2) is 0 Å². The summed E-state index contributed by atoms with van der Waals surface area (Å²) in [6.45, 7) is 0.630. The van der Waals surface area contributed by atoms with Crippen molar-refractivity contribution in [1.82, 2.24) is 0 Å². The Labute approximate surface area is 89.8 Å². The summed E-state index contributed by atoms with van der Waals surface area (Å²) < 4.78 is 0. The zero-order valence-corrected chi connectivity index (χ0v) is 9.77.